The number of aromatic nitrogens is 2. The minimum Gasteiger partial charge on any atom is -0.299 e. The standard InChI is InChI=1S/C13H15FN2O/c1-3-12-9(2)15-16(13(12)17)8-10-5-4-6-11(14)7-10/h4-7,15H,3,8H2,1-2H3. The lowest BCUT2D eigenvalue weighted by Gasteiger charge is -2.02. The number of H-pyrrole nitrogens is 1. The molecule has 0 bridgehead atoms. The third kappa shape index (κ3) is 2.30. The van der Waals surface area contributed by atoms with E-state index in [1.54, 1.807) is 12.1 Å². The van der Waals surface area contributed by atoms with Gasteiger partial charge in [0, 0.05) is 11.3 Å². The molecule has 0 amide bonds. The lowest BCUT2D eigenvalue weighted by molar-refractivity contribution is 0.615. The molecule has 0 atom stereocenters. The van der Waals surface area contributed by atoms with Crippen molar-refractivity contribution in [2.75, 3.05) is 0 Å². The number of hydrogen-bond acceptors (Lipinski definition) is 1. The molecule has 1 aromatic carbocycles. The number of rotatable bonds is 3. The number of nitrogens with one attached hydrogen (secondary N) is 1. The fourth-order valence-corrected chi connectivity index (χ4v) is 1.99. The van der Waals surface area contributed by atoms with Gasteiger partial charge in [-0.25, -0.2) is 9.07 Å². The Morgan fingerprint density at radius 3 is 2.76 bits per heavy atom. The summed E-state index contributed by atoms with van der Waals surface area (Å²) in [7, 11) is 0. The van der Waals surface area contributed by atoms with Crippen LogP contribution in [0.1, 0.15) is 23.7 Å². The molecule has 0 radical (unpaired) electrons. The van der Waals surface area contributed by atoms with E-state index in [2.05, 4.69) is 5.10 Å². The number of aromatic amines is 1. The maximum Gasteiger partial charge on any atom is 0.270 e. The second-order valence-electron chi connectivity index (χ2n) is 4.09. The number of nitrogens with zero attached hydrogens (tertiary/aromatic N) is 1. The van der Waals surface area contributed by atoms with Crippen molar-refractivity contribution in [3.63, 3.8) is 0 Å². The van der Waals surface area contributed by atoms with Crippen LogP contribution in [0.5, 0.6) is 0 Å². The predicted molar refractivity (Wildman–Crippen MR) is 64.7 cm³/mol. The van der Waals surface area contributed by atoms with Crippen LogP contribution in [0.3, 0.4) is 0 Å². The third-order valence-electron chi connectivity index (χ3n) is 2.84. The maximum atomic E-state index is 13.0. The summed E-state index contributed by atoms with van der Waals surface area (Å²) < 4.78 is 14.5. The molecule has 4 heteroatoms. The summed E-state index contributed by atoms with van der Waals surface area (Å²) in [6.45, 7) is 4.20. The summed E-state index contributed by atoms with van der Waals surface area (Å²) >= 11 is 0. The number of hydrogen-bond donors (Lipinski definition) is 1. The molecule has 17 heavy (non-hydrogen) atoms. The highest BCUT2D eigenvalue weighted by Gasteiger charge is 2.09. The Morgan fingerprint density at radius 2 is 2.18 bits per heavy atom. The van der Waals surface area contributed by atoms with E-state index in [9.17, 15) is 9.18 Å². The van der Waals surface area contributed by atoms with Gasteiger partial charge in [0.05, 0.1) is 6.54 Å². The molecule has 0 spiro atoms. The van der Waals surface area contributed by atoms with Crippen molar-refractivity contribution in [3.05, 3.63) is 57.3 Å². The van der Waals surface area contributed by atoms with Gasteiger partial charge < -0.3 is 0 Å². The molecular formula is C13H15FN2O. The zero-order valence-electron chi connectivity index (χ0n) is 9.96. The molecule has 1 aromatic heterocycles. The normalized spacial score (nSPS) is 10.8. The van der Waals surface area contributed by atoms with Crippen LogP contribution in [0.25, 0.3) is 0 Å². The lowest BCUT2D eigenvalue weighted by atomic mass is 10.2. The van der Waals surface area contributed by atoms with E-state index in [4.69, 9.17) is 0 Å². The van der Waals surface area contributed by atoms with Crippen LogP contribution < -0.4 is 5.56 Å². The topological polar surface area (TPSA) is 37.8 Å². The molecule has 0 saturated carbocycles. The highest BCUT2D eigenvalue weighted by atomic mass is 19.1. The van der Waals surface area contributed by atoms with Gasteiger partial charge in [0.2, 0.25) is 0 Å². The van der Waals surface area contributed by atoms with Crippen LogP contribution in [0.15, 0.2) is 29.1 Å². The smallest absolute Gasteiger partial charge is 0.270 e. The molecule has 0 aliphatic heterocycles. The fraction of sp³-hybridized carbons (Fsp3) is 0.308. The van der Waals surface area contributed by atoms with Gasteiger partial charge in [-0.05, 0) is 31.0 Å². The predicted octanol–water partition coefficient (Wildman–Crippen LogP) is 2.23. The Morgan fingerprint density at radius 1 is 1.41 bits per heavy atom. The van der Waals surface area contributed by atoms with Crippen LogP contribution in [0, 0.1) is 12.7 Å². The zero-order valence-corrected chi connectivity index (χ0v) is 9.96. The van der Waals surface area contributed by atoms with Gasteiger partial charge in [0.1, 0.15) is 5.82 Å². The van der Waals surface area contributed by atoms with E-state index >= 15 is 0 Å². The van der Waals surface area contributed by atoms with E-state index in [0.29, 0.717) is 13.0 Å². The molecule has 1 N–H and O–H groups in total. The Kier molecular flexibility index (Phi) is 3.13. The molecule has 0 aliphatic carbocycles. The molecule has 0 saturated heterocycles. The Balaban J connectivity index is 2.34. The SMILES string of the molecule is CCc1c(C)[nH]n(Cc2cccc(F)c2)c1=O. The van der Waals surface area contributed by atoms with Crippen LogP contribution >= 0.6 is 0 Å². The van der Waals surface area contributed by atoms with Crippen LogP contribution in [0.4, 0.5) is 4.39 Å². The molecule has 0 unspecified atom stereocenters. The molecule has 0 aliphatic rings. The molecule has 0 fully saturated rings. The van der Waals surface area contributed by atoms with Gasteiger partial charge in [-0.3, -0.25) is 9.89 Å². The Hall–Kier alpha value is -1.84. The van der Waals surface area contributed by atoms with E-state index in [1.807, 2.05) is 13.8 Å². The average molecular weight is 234 g/mol. The summed E-state index contributed by atoms with van der Waals surface area (Å²) in [5, 5.41) is 3.01. The number of aryl methyl sites for hydroxylation is 1. The van der Waals surface area contributed by atoms with Gasteiger partial charge in [-0.15, -0.1) is 0 Å². The molecule has 2 aromatic rings. The van der Waals surface area contributed by atoms with Gasteiger partial charge >= 0.3 is 0 Å². The fourth-order valence-electron chi connectivity index (χ4n) is 1.99. The molecule has 3 nitrogen and oxygen atoms in total. The number of halogens is 1. The van der Waals surface area contributed by atoms with Crippen molar-refractivity contribution >= 4 is 0 Å². The van der Waals surface area contributed by atoms with Crippen molar-refractivity contribution in [2.45, 2.75) is 26.8 Å². The third-order valence-corrected chi connectivity index (χ3v) is 2.84. The van der Waals surface area contributed by atoms with E-state index in [0.717, 1.165) is 16.8 Å². The largest absolute Gasteiger partial charge is 0.299 e. The van der Waals surface area contributed by atoms with Gasteiger partial charge in [-0.1, -0.05) is 19.1 Å². The van der Waals surface area contributed by atoms with E-state index in [1.165, 1.54) is 16.8 Å². The first-order chi connectivity index (χ1) is 8.11. The first-order valence-electron chi connectivity index (χ1n) is 5.64. The quantitative estimate of drug-likeness (QED) is 0.868. The van der Waals surface area contributed by atoms with Crippen molar-refractivity contribution < 1.29 is 4.39 Å². The number of benzene rings is 1. The lowest BCUT2D eigenvalue weighted by Crippen LogP contribution is -2.19. The Bertz CT molecular complexity index is 583. The summed E-state index contributed by atoms with van der Waals surface area (Å²) in [4.78, 5) is 11.9. The van der Waals surface area contributed by atoms with E-state index in [-0.39, 0.29) is 11.4 Å². The highest BCUT2D eigenvalue weighted by molar-refractivity contribution is 5.19. The maximum absolute atomic E-state index is 13.0. The molecule has 2 rings (SSSR count). The summed E-state index contributed by atoms with van der Waals surface area (Å²) in [5.74, 6) is -0.283. The van der Waals surface area contributed by atoms with Crippen molar-refractivity contribution in [3.8, 4) is 0 Å². The second kappa shape index (κ2) is 4.57. The Labute approximate surface area is 98.9 Å². The molecular weight excluding hydrogens is 219 g/mol. The first-order valence-corrected chi connectivity index (χ1v) is 5.64. The highest BCUT2D eigenvalue weighted by Crippen LogP contribution is 2.06. The second-order valence-corrected chi connectivity index (χ2v) is 4.09. The van der Waals surface area contributed by atoms with Crippen molar-refractivity contribution in [2.24, 2.45) is 0 Å². The van der Waals surface area contributed by atoms with Crippen LogP contribution in [0.2, 0.25) is 0 Å². The van der Waals surface area contributed by atoms with Crippen LogP contribution in [-0.4, -0.2) is 9.78 Å². The summed E-state index contributed by atoms with van der Waals surface area (Å²) in [6, 6.07) is 6.28. The minimum absolute atomic E-state index is 0.0192. The van der Waals surface area contributed by atoms with Gasteiger partial charge in [-0.2, -0.15) is 0 Å². The zero-order chi connectivity index (χ0) is 12.4. The average Bonchev–Trinajstić information content (AvgIpc) is 2.54. The molecule has 1 heterocycles. The van der Waals surface area contributed by atoms with Gasteiger partial charge in [0.25, 0.3) is 5.56 Å². The van der Waals surface area contributed by atoms with Crippen molar-refractivity contribution in [1.29, 1.82) is 0 Å². The minimum atomic E-state index is -0.283. The first kappa shape index (κ1) is 11.6. The monoisotopic (exact) mass is 234 g/mol. The van der Waals surface area contributed by atoms with Crippen molar-refractivity contribution in [1.82, 2.24) is 9.78 Å². The van der Waals surface area contributed by atoms with Gasteiger partial charge in [0.15, 0.2) is 0 Å². The molecule has 90 valence electrons. The van der Waals surface area contributed by atoms with E-state index < -0.39 is 0 Å². The summed E-state index contributed by atoms with van der Waals surface area (Å²) in [5.41, 5.74) is 2.43. The van der Waals surface area contributed by atoms with Crippen LogP contribution in [-0.2, 0) is 13.0 Å². The summed E-state index contributed by atoms with van der Waals surface area (Å²) in [6.07, 6.45) is 0.706.